The minimum absolute atomic E-state index is 0.132. The first kappa shape index (κ1) is 15.2. The Labute approximate surface area is 141 Å². The lowest BCUT2D eigenvalue weighted by Crippen LogP contribution is -2.20. The number of non-ortho nitro benzene ring substituents is 1. The molecule has 6 nitrogen and oxygen atoms in total. The number of hydrogen-bond donors (Lipinski definition) is 0. The van der Waals surface area contributed by atoms with Gasteiger partial charge in [0.1, 0.15) is 11.6 Å². The van der Waals surface area contributed by atoms with Gasteiger partial charge in [0.05, 0.1) is 15.8 Å². The third-order valence-corrected chi connectivity index (χ3v) is 4.25. The molecule has 1 aliphatic heterocycles. The Morgan fingerprint density at radius 3 is 2.68 bits per heavy atom. The Bertz CT molecular complexity index is 1100. The van der Waals surface area contributed by atoms with Gasteiger partial charge in [-0.05, 0) is 41.8 Å². The van der Waals surface area contributed by atoms with E-state index in [1.54, 1.807) is 12.1 Å². The topological polar surface area (TPSA) is 78.0 Å². The van der Waals surface area contributed by atoms with Crippen LogP contribution in [-0.4, -0.2) is 14.5 Å². The molecule has 124 valence electrons. The van der Waals surface area contributed by atoms with Crippen LogP contribution in [0.2, 0.25) is 0 Å². The zero-order valence-corrected chi connectivity index (χ0v) is 13.0. The van der Waals surface area contributed by atoms with Gasteiger partial charge in [-0.15, -0.1) is 0 Å². The molecule has 2 heterocycles. The predicted molar refractivity (Wildman–Crippen MR) is 91.5 cm³/mol. The molecule has 0 amide bonds. The van der Waals surface area contributed by atoms with Gasteiger partial charge in [-0.25, -0.2) is 9.37 Å². The second-order valence-electron chi connectivity index (χ2n) is 5.82. The number of rotatable bonds is 2. The summed E-state index contributed by atoms with van der Waals surface area (Å²) in [4.78, 5) is 27.5. The van der Waals surface area contributed by atoms with Gasteiger partial charge in [-0.3, -0.25) is 19.5 Å². The lowest BCUT2D eigenvalue weighted by atomic mass is 10.1. The summed E-state index contributed by atoms with van der Waals surface area (Å²) in [7, 11) is 0. The molecule has 0 atom stereocenters. The normalized spacial score (nSPS) is 14.8. The van der Waals surface area contributed by atoms with E-state index >= 15 is 0 Å². The van der Waals surface area contributed by atoms with E-state index in [0.717, 1.165) is 11.1 Å². The van der Waals surface area contributed by atoms with Gasteiger partial charge in [0.15, 0.2) is 0 Å². The van der Waals surface area contributed by atoms with E-state index in [1.165, 1.54) is 34.9 Å². The minimum atomic E-state index is -0.531. The van der Waals surface area contributed by atoms with E-state index in [2.05, 4.69) is 4.98 Å². The van der Waals surface area contributed by atoms with Crippen molar-refractivity contribution in [3.05, 3.63) is 80.1 Å². The van der Waals surface area contributed by atoms with Crippen molar-refractivity contribution in [2.45, 2.75) is 13.0 Å². The average molecular weight is 337 g/mol. The van der Waals surface area contributed by atoms with Gasteiger partial charge in [-0.1, -0.05) is 12.1 Å². The van der Waals surface area contributed by atoms with Gasteiger partial charge in [0.25, 0.3) is 11.2 Å². The second kappa shape index (κ2) is 5.62. The number of fused-ring (bicyclic) bond motifs is 2. The zero-order valence-electron chi connectivity index (χ0n) is 13.0. The molecular weight excluding hydrogens is 325 g/mol. The number of benzene rings is 2. The maximum atomic E-state index is 13.0. The van der Waals surface area contributed by atoms with Crippen LogP contribution in [0.25, 0.3) is 22.6 Å². The Hall–Kier alpha value is -3.35. The highest BCUT2D eigenvalue weighted by atomic mass is 19.1. The number of nitrogens with zero attached hydrogens (tertiary/aromatic N) is 3. The first-order chi connectivity index (χ1) is 12.0. The average Bonchev–Trinajstić information content (AvgIpc) is 3.00. The molecule has 25 heavy (non-hydrogen) atoms. The van der Waals surface area contributed by atoms with Crippen molar-refractivity contribution in [3.8, 4) is 0 Å². The summed E-state index contributed by atoms with van der Waals surface area (Å²) in [6, 6.07) is 10.2. The van der Waals surface area contributed by atoms with Crippen LogP contribution >= 0.6 is 0 Å². The number of hydrogen-bond acceptors (Lipinski definition) is 4. The van der Waals surface area contributed by atoms with Crippen LogP contribution in [0.5, 0.6) is 0 Å². The van der Waals surface area contributed by atoms with Crippen molar-refractivity contribution < 1.29 is 9.31 Å². The molecule has 0 radical (unpaired) electrons. The monoisotopic (exact) mass is 337 g/mol. The van der Waals surface area contributed by atoms with Gasteiger partial charge < -0.3 is 0 Å². The van der Waals surface area contributed by atoms with Crippen molar-refractivity contribution >= 4 is 28.2 Å². The molecule has 2 aromatic carbocycles. The Balaban J connectivity index is 1.87. The first-order valence-corrected chi connectivity index (χ1v) is 7.68. The highest BCUT2D eigenvalue weighted by molar-refractivity contribution is 5.85. The molecule has 0 saturated heterocycles. The standard InChI is InChI=1S/C18H12FN3O3/c19-13-3-1-11(2-4-13)9-12-7-8-21-17(12)20-16-6-5-14(22(24)25)10-15(16)18(21)23/h1-6,9-10H,7-8H2/b12-9-. The summed E-state index contributed by atoms with van der Waals surface area (Å²) < 4.78 is 14.6. The SMILES string of the molecule is O=c1c2cc([N+](=O)[O-])ccc2nc2n1CC/C2=C/c1ccc(F)cc1. The van der Waals surface area contributed by atoms with Crippen LogP contribution in [-0.2, 0) is 6.54 Å². The van der Waals surface area contributed by atoms with Crippen LogP contribution in [0.1, 0.15) is 17.8 Å². The number of allylic oxidation sites excluding steroid dienone is 1. The molecule has 0 N–H and O–H groups in total. The van der Waals surface area contributed by atoms with Crippen molar-refractivity contribution in [1.82, 2.24) is 9.55 Å². The molecule has 0 aliphatic carbocycles. The lowest BCUT2D eigenvalue weighted by Gasteiger charge is -2.05. The summed E-state index contributed by atoms with van der Waals surface area (Å²) >= 11 is 0. The van der Waals surface area contributed by atoms with Gasteiger partial charge in [0.2, 0.25) is 0 Å². The highest BCUT2D eigenvalue weighted by Crippen LogP contribution is 2.28. The van der Waals surface area contributed by atoms with Gasteiger partial charge >= 0.3 is 0 Å². The quantitative estimate of drug-likeness (QED) is 0.530. The van der Waals surface area contributed by atoms with Crippen LogP contribution in [0.3, 0.4) is 0 Å². The molecule has 0 unspecified atom stereocenters. The molecule has 0 spiro atoms. The number of nitro benzene ring substituents is 1. The highest BCUT2D eigenvalue weighted by Gasteiger charge is 2.22. The third-order valence-electron chi connectivity index (χ3n) is 4.25. The molecule has 3 aromatic rings. The van der Waals surface area contributed by atoms with E-state index in [-0.39, 0.29) is 22.5 Å². The fraction of sp³-hybridized carbons (Fsp3) is 0.111. The molecule has 7 heteroatoms. The van der Waals surface area contributed by atoms with Crippen LogP contribution in [0, 0.1) is 15.9 Å². The Morgan fingerprint density at radius 1 is 1.20 bits per heavy atom. The maximum Gasteiger partial charge on any atom is 0.270 e. The lowest BCUT2D eigenvalue weighted by molar-refractivity contribution is -0.384. The maximum absolute atomic E-state index is 13.0. The van der Waals surface area contributed by atoms with Gasteiger partial charge in [0, 0.05) is 18.7 Å². The molecule has 1 aromatic heterocycles. The second-order valence-corrected chi connectivity index (χ2v) is 5.82. The summed E-state index contributed by atoms with van der Waals surface area (Å²) in [5.74, 6) is 0.242. The molecule has 4 rings (SSSR count). The molecule has 0 bridgehead atoms. The summed E-state index contributed by atoms with van der Waals surface area (Å²) in [5.41, 5.74) is 1.71. The predicted octanol–water partition coefficient (Wildman–Crippen LogP) is 3.39. The Kier molecular flexibility index (Phi) is 3.42. The molecule has 0 fully saturated rings. The zero-order chi connectivity index (χ0) is 17.6. The minimum Gasteiger partial charge on any atom is -0.292 e. The van der Waals surface area contributed by atoms with Crippen molar-refractivity contribution in [2.75, 3.05) is 0 Å². The largest absolute Gasteiger partial charge is 0.292 e. The van der Waals surface area contributed by atoms with Crippen LogP contribution < -0.4 is 5.56 Å². The van der Waals surface area contributed by atoms with E-state index in [1.807, 2.05) is 6.08 Å². The number of aromatic nitrogens is 2. The van der Waals surface area contributed by atoms with Crippen molar-refractivity contribution in [3.63, 3.8) is 0 Å². The van der Waals surface area contributed by atoms with E-state index in [0.29, 0.717) is 24.3 Å². The summed E-state index contributed by atoms with van der Waals surface area (Å²) in [6.07, 6.45) is 2.50. The van der Waals surface area contributed by atoms with Crippen molar-refractivity contribution in [2.24, 2.45) is 0 Å². The smallest absolute Gasteiger partial charge is 0.270 e. The van der Waals surface area contributed by atoms with E-state index < -0.39 is 4.92 Å². The number of nitro groups is 1. The molecular formula is C18H12FN3O3. The Morgan fingerprint density at radius 2 is 1.96 bits per heavy atom. The van der Waals surface area contributed by atoms with E-state index in [9.17, 15) is 19.3 Å². The van der Waals surface area contributed by atoms with Crippen LogP contribution in [0.4, 0.5) is 10.1 Å². The van der Waals surface area contributed by atoms with Gasteiger partial charge in [-0.2, -0.15) is 0 Å². The van der Waals surface area contributed by atoms with Crippen LogP contribution in [0.15, 0.2) is 47.3 Å². The molecule has 1 aliphatic rings. The van der Waals surface area contributed by atoms with E-state index in [4.69, 9.17) is 0 Å². The summed E-state index contributed by atoms with van der Waals surface area (Å²) in [5, 5.41) is 11.1. The fourth-order valence-corrected chi connectivity index (χ4v) is 3.02. The third kappa shape index (κ3) is 2.59. The van der Waals surface area contributed by atoms with Crippen molar-refractivity contribution in [1.29, 1.82) is 0 Å². The summed E-state index contributed by atoms with van der Waals surface area (Å²) in [6.45, 7) is 0.465. The molecule has 0 saturated carbocycles. The number of halogens is 1. The first-order valence-electron chi connectivity index (χ1n) is 7.68. The fourth-order valence-electron chi connectivity index (χ4n) is 3.02.